The first-order valence-electron chi connectivity index (χ1n) is 11.3. The van der Waals surface area contributed by atoms with E-state index >= 15 is 0 Å². The van der Waals surface area contributed by atoms with Gasteiger partial charge in [-0.25, -0.2) is 0 Å². The maximum Gasteiger partial charge on any atom is 0.243 e. The lowest BCUT2D eigenvalue weighted by molar-refractivity contribution is -0.143. The van der Waals surface area contributed by atoms with Crippen LogP contribution in [0.1, 0.15) is 78.1 Å². The number of hydrogen-bond acceptors (Lipinski definition) is 3. The fourth-order valence-corrected chi connectivity index (χ4v) is 4.99. The molecule has 0 radical (unpaired) electrons. The molecule has 1 aliphatic carbocycles. The van der Waals surface area contributed by atoms with Crippen LogP contribution < -0.4 is 5.32 Å². The van der Waals surface area contributed by atoms with Crippen LogP contribution in [-0.4, -0.2) is 59.2 Å². The highest BCUT2D eigenvalue weighted by molar-refractivity contribution is 5.88. The fraction of sp³-hybridized carbons (Fsp3) is 0.864. The van der Waals surface area contributed by atoms with Crippen molar-refractivity contribution in [2.24, 2.45) is 11.8 Å². The van der Waals surface area contributed by atoms with Gasteiger partial charge in [-0.1, -0.05) is 13.8 Å². The number of likely N-dealkylation sites (tertiary alicyclic amines) is 2. The summed E-state index contributed by atoms with van der Waals surface area (Å²) < 4.78 is 0. The minimum atomic E-state index is -0.371. The van der Waals surface area contributed by atoms with Gasteiger partial charge in [-0.2, -0.15) is 0 Å². The number of nitrogens with zero attached hydrogens (tertiary/aromatic N) is 2. The van der Waals surface area contributed by atoms with E-state index in [0.717, 1.165) is 58.0 Å². The molecule has 28 heavy (non-hydrogen) atoms. The molecule has 2 saturated heterocycles. The summed E-state index contributed by atoms with van der Waals surface area (Å²) in [4.78, 5) is 42.0. The second kappa shape index (κ2) is 9.75. The molecule has 0 bridgehead atoms. The second-order valence-electron chi connectivity index (χ2n) is 9.29. The summed E-state index contributed by atoms with van der Waals surface area (Å²) in [5.41, 5.74) is 0. The number of carbonyl (C=O) groups is 3. The van der Waals surface area contributed by atoms with Crippen molar-refractivity contribution in [3.05, 3.63) is 0 Å². The van der Waals surface area contributed by atoms with Crippen molar-refractivity contribution in [2.75, 3.05) is 19.6 Å². The van der Waals surface area contributed by atoms with E-state index in [9.17, 15) is 14.4 Å². The minimum absolute atomic E-state index is 0.0278. The molecule has 3 rings (SSSR count). The van der Waals surface area contributed by atoms with Crippen molar-refractivity contribution >= 4 is 17.7 Å². The zero-order valence-corrected chi connectivity index (χ0v) is 17.6. The Balaban J connectivity index is 1.56. The van der Waals surface area contributed by atoms with Crippen molar-refractivity contribution < 1.29 is 14.4 Å². The number of nitrogens with one attached hydrogen (secondary N) is 1. The zero-order chi connectivity index (χ0) is 20.1. The third-order valence-corrected chi connectivity index (χ3v) is 6.53. The third-order valence-electron chi connectivity index (χ3n) is 6.53. The average molecular weight is 392 g/mol. The van der Waals surface area contributed by atoms with Gasteiger partial charge >= 0.3 is 0 Å². The first-order chi connectivity index (χ1) is 13.5. The molecule has 6 heteroatoms. The highest BCUT2D eigenvalue weighted by Gasteiger charge is 2.37. The molecule has 3 amide bonds. The maximum absolute atomic E-state index is 13.1. The SMILES string of the molecule is CC(C)CC(C(=O)N[C@H]1CC[C@@H](C(=O)N2CCCCC2)C1)N1CCCCC1=O. The van der Waals surface area contributed by atoms with Crippen molar-refractivity contribution in [2.45, 2.75) is 90.1 Å². The Morgan fingerprint density at radius 1 is 1.04 bits per heavy atom. The Morgan fingerprint density at radius 2 is 1.75 bits per heavy atom. The summed E-state index contributed by atoms with van der Waals surface area (Å²) in [7, 11) is 0. The van der Waals surface area contributed by atoms with E-state index in [1.807, 2.05) is 4.90 Å². The van der Waals surface area contributed by atoms with E-state index in [1.54, 1.807) is 4.90 Å². The molecule has 0 spiro atoms. The van der Waals surface area contributed by atoms with Crippen LogP contribution in [0.25, 0.3) is 0 Å². The highest BCUT2D eigenvalue weighted by atomic mass is 16.2. The van der Waals surface area contributed by atoms with Gasteiger partial charge in [-0.05, 0) is 63.7 Å². The van der Waals surface area contributed by atoms with E-state index in [0.29, 0.717) is 25.3 Å². The van der Waals surface area contributed by atoms with Crippen LogP contribution in [0.5, 0.6) is 0 Å². The lowest BCUT2D eigenvalue weighted by Gasteiger charge is -2.35. The summed E-state index contributed by atoms with van der Waals surface area (Å²) in [5.74, 6) is 0.754. The number of piperidine rings is 2. The monoisotopic (exact) mass is 391 g/mol. The molecule has 0 aromatic carbocycles. The quantitative estimate of drug-likeness (QED) is 0.757. The molecule has 3 atom stereocenters. The molecule has 0 aromatic heterocycles. The van der Waals surface area contributed by atoms with Gasteiger partial charge < -0.3 is 15.1 Å². The van der Waals surface area contributed by atoms with Gasteiger partial charge in [0.15, 0.2) is 0 Å². The summed E-state index contributed by atoms with van der Waals surface area (Å²) in [5, 5.41) is 3.19. The predicted octanol–water partition coefficient (Wildman–Crippen LogP) is 2.71. The molecule has 6 nitrogen and oxygen atoms in total. The first kappa shape index (κ1) is 21.1. The summed E-state index contributed by atoms with van der Waals surface area (Å²) >= 11 is 0. The molecule has 1 saturated carbocycles. The summed E-state index contributed by atoms with van der Waals surface area (Å²) in [6.07, 6.45) is 9.05. The molecule has 2 heterocycles. The van der Waals surface area contributed by atoms with E-state index in [4.69, 9.17) is 0 Å². The number of amides is 3. The molecule has 1 N–H and O–H groups in total. The van der Waals surface area contributed by atoms with E-state index in [1.165, 1.54) is 6.42 Å². The van der Waals surface area contributed by atoms with Crippen LogP contribution >= 0.6 is 0 Å². The van der Waals surface area contributed by atoms with Gasteiger partial charge in [0, 0.05) is 38.0 Å². The van der Waals surface area contributed by atoms with Crippen LogP contribution in [-0.2, 0) is 14.4 Å². The van der Waals surface area contributed by atoms with Crippen molar-refractivity contribution in [3.63, 3.8) is 0 Å². The smallest absolute Gasteiger partial charge is 0.243 e. The third kappa shape index (κ3) is 5.26. The first-order valence-corrected chi connectivity index (χ1v) is 11.3. The molecular weight excluding hydrogens is 354 g/mol. The molecule has 158 valence electrons. The highest BCUT2D eigenvalue weighted by Crippen LogP contribution is 2.29. The maximum atomic E-state index is 13.1. The molecule has 1 unspecified atom stereocenters. The molecule has 3 fully saturated rings. The van der Waals surface area contributed by atoms with Crippen molar-refractivity contribution in [3.8, 4) is 0 Å². The van der Waals surface area contributed by atoms with Crippen LogP contribution in [0.15, 0.2) is 0 Å². The zero-order valence-electron chi connectivity index (χ0n) is 17.6. The Morgan fingerprint density at radius 3 is 2.43 bits per heavy atom. The van der Waals surface area contributed by atoms with Crippen molar-refractivity contribution in [1.82, 2.24) is 15.1 Å². The Bertz CT molecular complexity index is 571. The number of carbonyl (C=O) groups excluding carboxylic acids is 3. The lowest BCUT2D eigenvalue weighted by Crippen LogP contribution is -2.53. The molecule has 0 aromatic rings. The minimum Gasteiger partial charge on any atom is -0.352 e. The normalized spacial score (nSPS) is 27.2. The van der Waals surface area contributed by atoms with Crippen molar-refractivity contribution in [1.29, 1.82) is 0 Å². The molecule has 2 aliphatic heterocycles. The second-order valence-corrected chi connectivity index (χ2v) is 9.29. The van der Waals surface area contributed by atoms with E-state index in [-0.39, 0.29) is 35.7 Å². The van der Waals surface area contributed by atoms with Crippen LogP contribution in [0.3, 0.4) is 0 Å². The number of rotatable bonds is 6. The molecular formula is C22H37N3O3. The van der Waals surface area contributed by atoms with E-state index in [2.05, 4.69) is 19.2 Å². The standard InChI is InChI=1S/C22H37N3O3/c1-16(2)14-19(25-13-7-4-8-20(25)26)21(27)23-18-10-9-17(15-18)22(28)24-11-5-3-6-12-24/h16-19H,3-15H2,1-2H3,(H,23,27)/t17-,18+,19?/m1/s1. The van der Waals surface area contributed by atoms with Gasteiger partial charge in [0.05, 0.1) is 0 Å². The van der Waals surface area contributed by atoms with Crippen LogP contribution in [0, 0.1) is 11.8 Å². The largest absolute Gasteiger partial charge is 0.352 e. The van der Waals surface area contributed by atoms with Gasteiger partial charge in [0.2, 0.25) is 17.7 Å². The summed E-state index contributed by atoms with van der Waals surface area (Å²) in [6, 6.07) is -0.314. The fourth-order valence-electron chi connectivity index (χ4n) is 4.99. The topological polar surface area (TPSA) is 69.7 Å². The Hall–Kier alpha value is -1.59. The number of hydrogen-bond donors (Lipinski definition) is 1. The lowest BCUT2D eigenvalue weighted by atomic mass is 9.98. The predicted molar refractivity (Wildman–Crippen MR) is 109 cm³/mol. The summed E-state index contributed by atoms with van der Waals surface area (Å²) in [6.45, 7) is 6.65. The van der Waals surface area contributed by atoms with Crippen LogP contribution in [0.2, 0.25) is 0 Å². The van der Waals surface area contributed by atoms with Gasteiger partial charge in [0.25, 0.3) is 0 Å². The average Bonchev–Trinajstić information content (AvgIpc) is 3.15. The Kier molecular flexibility index (Phi) is 7.36. The van der Waals surface area contributed by atoms with Gasteiger partial charge in [-0.3, -0.25) is 14.4 Å². The van der Waals surface area contributed by atoms with Gasteiger partial charge in [-0.15, -0.1) is 0 Å². The van der Waals surface area contributed by atoms with Crippen LogP contribution in [0.4, 0.5) is 0 Å². The van der Waals surface area contributed by atoms with E-state index < -0.39 is 0 Å². The molecule has 3 aliphatic rings. The van der Waals surface area contributed by atoms with Gasteiger partial charge in [0.1, 0.15) is 6.04 Å². The Labute approximate surface area is 169 Å².